The summed E-state index contributed by atoms with van der Waals surface area (Å²) in [5, 5.41) is 20.9. The summed E-state index contributed by atoms with van der Waals surface area (Å²) in [6, 6.07) is 0.282. The van der Waals surface area contributed by atoms with Crippen molar-refractivity contribution in [3.05, 3.63) is 24.0 Å². The predicted octanol–water partition coefficient (Wildman–Crippen LogP) is 1.02. The van der Waals surface area contributed by atoms with Crippen molar-refractivity contribution in [2.24, 2.45) is 5.41 Å². The molecule has 6 heteroatoms. The van der Waals surface area contributed by atoms with E-state index in [1.54, 1.807) is 20.8 Å². The molecule has 0 unspecified atom stereocenters. The number of carboxylic acids is 1. The van der Waals surface area contributed by atoms with Crippen molar-refractivity contribution in [3.8, 4) is 5.75 Å². The van der Waals surface area contributed by atoms with Gasteiger partial charge in [-0.2, -0.15) is 0 Å². The largest absolute Gasteiger partial charge is 0.505 e. The Kier molecular flexibility index (Phi) is 3.90. The van der Waals surface area contributed by atoms with Gasteiger partial charge in [0, 0.05) is 6.20 Å². The number of aromatic hydroxyl groups is 1. The zero-order chi connectivity index (χ0) is 13.9. The van der Waals surface area contributed by atoms with Crippen LogP contribution in [-0.4, -0.2) is 33.1 Å². The van der Waals surface area contributed by atoms with Crippen molar-refractivity contribution in [3.63, 3.8) is 0 Å². The maximum atomic E-state index is 11.9. The third-order valence-corrected chi connectivity index (χ3v) is 2.43. The van der Waals surface area contributed by atoms with Crippen LogP contribution >= 0.6 is 0 Å². The Morgan fingerprint density at radius 3 is 2.44 bits per heavy atom. The molecule has 0 spiro atoms. The summed E-state index contributed by atoms with van der Waals surface area (Å²) in [6.07, 6.45) is 2.48. The lowest BCUT2D eigenvalue weighted by molar-refractivity contribution is -0.142. The van der Waals surface area contributed by atoms with Crippen LogP contribution < -0.4 is 5.32 Å². The first-order valence-corrected chi connectivity index (χ1v) is 5.40. The number of pyridine rings is 1. The molecular weight excluding hydrogens is 236 g/mol. The van der Waals surface area contributed by atoms with Gasteiger partial charge in [-0.3, -0.25) is 9.78 Å². The molecule has 0 aliphatic heterocycles. The Balaban J connectivity index is 2.93. The monoisotopic (exact) mass is 252 g/mol. The fourth-order valence-corrected chi connectivity index (χ4v) is 1.44. The predicted molar refractivity (Wildman–Crippen MR) is 64.2 cm³/mol. The number of carbonyl (C=O) groups is 2. The number of hydrogen-bond acceptors (Lipinski definition) is 4. The highest BCUT2D eigenvalue weighted by molar-refractivity contribution is 5.98. The quantitative estimate of drug-likeness (QED) is 0.745. The lowest BCUT2D eigenvalue weighted by atomic mass is 9.86. The number of carboxylic acid groups (broad SMARTS) is 1. The van der Waals surface area contributed by atoms with Gasteiger partial charge in [-0.1, -0.05) is 20.8 Å². The normalized spacial score (nSPS) is 12.8. The van der Waals surface area contributed by atoms with Gasteiger partial charge in [0.2, 0.25) is 0 Å². The first-order chi connectivity index (χ1) is 8.23. The smallest absolute Gasteiger partial charge is 0.326 e. The molecule has 0 aromatic carbocycles. The number of nitrogens with zero attached hydrogens (tertiary/aromatic N) is 1. The molecular formula is C12H16N2O4. The number of carbonyl (C=O) groups excluding carboxylic acids is 1. The van der Waals surface area contributed by atoms with Crippen molar-refractivity contribution in [2.75, 3.05) is 0 Å². The summed E-state index contributed by atoms with van der Waals surface area (Å²) < 4.78 is 0. The van der Waals surface area contributed by atoms with Crippen molar-refractivity contribution >= 4 is 11.9 Å². The summed E-state index contributed by atoms with van der Waals surface area (Å²) in [5.74, 6) is -2.05. The van der Waals surface area contributed by atoms with E-state index in [2.05, 4.69) is 10.3 Å². The Labute approximate surface area is 105 Å². The fraction of sp³-hybridized carbons (Fsp3) is 0.417. The molecule has 1 heterocycles. The number of rotatable bonds is 3. The number of hydrogen-bond donors (Lipinski definition) is 3. The molecule has 0 bridgehead atoms. The molecule has 0 saturated heterocycles. The van der Waals surface area contributed by atoms with Gasteiger partial charge in [0.25, 0.3) is 5.91 Å². The van der Waals surface area contributed by atoms with E-state index in [0.29, 0.717) is 0 Å². The van der Waals surface area contributed by atoms with Crippen LogP contribution in [0.3, 0.4) is 0 Å². The van der Waals surface area contributed by atoms with Gasteiger partial charge < -0.3 is 15.5 Å². The van der Waals surface area contributed by atoms with Crippen LogP contribution in [0, 0.1) is 5.41 Å². The summed E-state index contributed by atoms with van der Waals surface area (Å²) in [5.41, 5.74) is -0.634. The zero-order valence-corrected chi connectivity index (χ0v) is 10.5. The molecule has 18 heavy (non-hydrogen) atoms. The van der Waals surface area contributed by atoms with Crippen LogP contribution in [0.5, 0.6) is 5.75 Å². The Hall–Kier alpha value is -2.11. The van der Waals surface area contributed by atoms with Crippen LogP contribution in [-0.2, 0) is 4.79 Å². The van der Waals surface area contributed by atoms with E-state index in [0.717, 1.165) is 6.20 Å². The molecule has 0 radical (unpaired) electrons. The van der Waals surface area contributed by atoms with Crippen molar-refractivity contribution in [2.45, 2.75) is 26.8 Å². The fourth-order valence-electron chi connectivity index (χ4n) is 1.44. The maximum Gasteiger partial charge on any atom is 0.326 e. The number of aromatic nitrogens is 1. The topological polar surface area (TPSA) is 99.5 Å². The first-order valence-electron chi connectivity index (χ1n) is 5.40. The van der Waals surface area contributed by atoms with Gasteiger partial charge in [-0.15, -0.1) is 0 Å². The van der Waals surface area contributed by atoms with Crippen LogP contribution in [0.25, 0.3) is 0 Å². The summed E-state index contributed by atoms with van der Waals surface area (Å²) in [6.45, 7) is 5.12. The third kappa shape index (κ3) is 3.19. The molecule has 1 aromatic rings. The zero-order valence-electron chi connectivity index (χ0n) is 10.5. The molecule has 6 nitrogen and oxygen atoms in total. The average molecular weight is 252 g/mol. The second-order valence-electron chi connectivity index (χ2n) is 5.00. The lowest BCUT2D eigenvalue weighted by Gasteiger charge is -2.27. The maximum absolute atomic E-state index is 11.9. The summed E-state index contributed by atoms with van der Waals surface area (Å²) in [4.78, 5) is 26.6. The molecule has 0 aliphatic rings. The molecule has 0 aliphatic carbocycles. The second-order valence-corrected chi connectivity index (χ2v) is 5.00. The highest BCUT2D eigenvalue weighted by atomic mass is 16.4. The van der Waals surface area contributed by atoms with Crippen molar-refractivity contribution in [1.82, 2.24) is 10.3 Å². The van der Waals surface area contributed by atoms with Gasteiger partial charge in [-0.25, -0.2) is 4.79 Å². The van der Waals surface area contributed by atoms with Crippen LogP contribution in [0.4, 0.5) is 0 Å². The number of aliphatic carboxylic acids is 1. The molecule has 1 aromatic heterocycles. The van der Waals surface area contributed by atoms with Gasteiger partial charge in [0.15, 0.2) is 0 Å². The number of amides is 1. The van der Waals surface area contributed by atoms with E-state index in [1.807, 2.05) is 0 Å². The molecule has 1 rings (SSSR count). The Morgan fingerprint density at radius 2 is 2.00 bits per heavy atom. The summed E-state index contributed by atoms with van der Waals surface area (Å²) in [7, 11) is 0. The Morgan fingerprint density at radius 1 is 1.39 bits per heavy atom. The molecule has 1 amide bonds. The van der Waals surface area contributed by atoms with E-state index in [4.69, 9.17) is 5.11 Å². The van der Waals surface area contributed by atoms with Crippen molar-refractivity contribution < 1.29 is 19.8 Å². The SMILES string of the molecule is CC(C)(C)[C@@H](NC(=O)c1ccncc1O)C(=O)O. The van der Waals surface area contributed by atoms with Crippen molar-refractivity contribution in [1.29, 1.82) is 0 Å². The van der Waals surface area contributed by atoms with Crippen LogP contribution in [0.15, 0.2) is 18.5 Å². The van der Waals surface area contributed by atoms with E-state index in [1.165, 1.54) is 12.3 Å². The van der Waals surface area contributed by atoms with E-state index < -0.39 is 23.3 Å². The molecule has 98 valence electrons. The molecule has 3 N–H and O–H groups in total. The molecule has 0 fully saturated rings. The number of nitrogens with one attached hydrogen (secondary N) is 1. The van der Waals surface area contributed by atoms with E-state index >= 15 is 0 Å². The van der Waals surface area contributed by atoms with Gasteiger partial charge in [-0.05, 0) is 11.5 Å². The van der Waals surface area contributed by atoms with E-state index in [9.17, 15) is 14.7 Å². The lowest BCUT2D eigenvalue weighted by Crippen LogP contribution is -2.49. The standard InChI is InChI=1S/C12H16N2O4/c1-12(2,3)9(11(17)18)14-10(16)7-4-5-13-6-8(7)15/h4-6,9,15H,1-3H3,(H,14,16)(H,17,18)/t9-/m0/s1. The highest BCUT2D eigenvalue weighted by Gasteiger charge is 2.33. The van der Waals surface area contributed by atoms with Crippen LogP contribution in [0.1, 0.15) is 31.1 Å². The Bertz CT molecular complexity index is 465. The van der Waals surface area contributed by atoms with Gasteiger partial charge in [0.05, 0.1) is 11.8 Å². The first kappa shape index (κ1) is 14.0. The minimum absolute atomic E-state index is 0.000463. The minimum atomic E-state index is -1.12. The third-order valence-electron chi connectivity index (χ3n) is 2.43. The minimum Gasteiger partial charge on any atom is -0.505 e. The van der Waals surface area contributed by atoms with Crippen LogP contribution in [0.2, 0.25) is 0 Å². The van der Waals surface area contributed by atoms with Gasteiger partial charge in [0.1, 0.15) is 11.8 Å². The average Bonchev–Trinajstić information content (AvgIpc) is 2.24. The van der Waals surface area contributed by atoms with E-state index in [-0.39, 0.29) is 11.3 Å². The van der Waals surface area contributed by atoms with Gasteiger partial charge >= 0.3 is 5.97 Å². The molecule has 1 atom stereocenters. The second kappa shape index (κ2) is 5.03. The molecule has 0 saturated carbocycles. The highest BCUT2D eigenvalue weighted by Crippen LogP contribution is 2.21. The summed E-state index contributed by atoms with van der Waals surface area (Å²) >= 11 is 0.